The Hall–Kier alpha value is -1.00. The summed E-state index contributed by atoms with van der Waals surface area (Å²) in [5.41, 5.74) is 1.80. The maximum atomic E-state index is 11.2. The lowest BCUT2D eigenvalue weighted by Gasteiger charge is -2.37. The summed E-state index contributed by atoms with van der Waals surface area (Å²) in [6.07, 6.45) is 0. The number of esters is 1. The molecule has 0 saturated carbocycles. The van der Waals surface area contributed by atoms with Crippen LogP contribution in [0.3, 0.4) is 0 Å². The van der Waals surface area contributed by atoms with Crippen molar-refractivity contribution in [2.45, 2.75) is 59.7 Å². The number of carbonyl (C=O) groups excluding carboxylic acids is 1. The number of halogens is 1. The molecule has 0 aliphatic heterocycles. The third kappa shape index (κ3) is 4.01. The van der Waals surface area contributed by atoms with Gasteiger partial charge in [0.15, 0.2) is 5.75 Å². The fraction of sp³-hybridized carbons (Fsp3) is 0.562. The van der Waals surface area contributed by atoms with Crippen LogP contribution in [0.1, 0.15) is 38.8 Å². The number of hydrogen-bond donors (Lipinski definition) is 0. The van der Waals surface area contributed by atoms with E-state index in [-0.39, 0.29) is 11.0 Å². The molecule has 0 amide bonds. The smallest absolute Gasteiger partial charge is 0.308 e. The fourth-order valence-electron chi connectivity index (χ4n) is 1.63. The first-order valence-corrected chi connectivity index (χ1v) is 10.3. The Morgan fingerprint density at radius 2 is 1.71 bits per heavy atom. The SMILES string of the molecule is CC(=O)Oc1c(Cl)cc(O[Si](C)(C)C(C)(C)C)c(C)c1C. The van der Waals surface area contributed by atoms with Crippen molar-refractivity contribution in [3.8, 4) is 11.5 Å². The quantitative estimate of drug-likeness (QED) is 0.431. The van der Waals surface area contributed by atoms with Gasteiger partial charge in [0.05, 0.1) is 5.02 Å². The van der Waals surface area contributed by atoms with Crippen LogP contribution < -0.4 is 9.16 Å². The minimum absolute atomic E-state index is 0.106. The molecule has 118 valence electrons. The van der Waals surface area contributed by atoms with Gasteiger partial charge in [0.1, 0.15) is 5.75 Å². The van der Waals surface area contributed by atoms with Gasteiger partial charge in [-0.2, -0.15) is 0 Å². The molecule has 0 fully saturated rings. The first-order valence-electron chi connectivity index (χ1n) is 7.04. The van der Waals surface area contributed by atoms with Gasteiger partial charge < -0.3 is 9.16 Å². The van der Waals surface area contributed by atoms with Crippen LogP contribution in [0.4, 0.5) is 0 Å². The Kier molecular flexibility index (Phi) is 5.16. The molecule has 0 radical (unpaired) electrons. The number of hydrogen-bond acceptors (Lipinski definition) is 3. The van der Waals surface area contributed by atoms with Crippen molar-refractivity contribution >= 4 is 25.9 Å². The van der Waals surface area contributed by atoms with E-state index in [1.54, 1.807) is 6.07 Å². The molecule has 0 bridgehead atoms. The molecule has 1 aromatic rings. The Morgan fingerprint density at radius 3 is 2.14 bits per heavy atom. The topological polar surface area (TPSA) is 35.5 Å². The molecule has 0 aliphatic carbocycles. The van der Waals surface area contributed by atoms with Gasteiger partial charge in [0, 0.05) is 13.0 Å². The molecule has 3 nitrogen and oxygen atoms in total. The van der Waals surface area contributed by atoms with Crippen molar-refractivity contribution in [1.82, 2.24) is 0 Å². The van der Waals surface area contributed by atoms with E-state index in [4.69, 9.17) is 20.8 Å². The summed E-state index contributed by atoms with van der Waals surface area (Å²) in [5.74, 6) is 0.821. The van der Waals surface area contributed by atoms with E-state index in [0.717, 1.165) is 16.9 Å². The van der Waals surface area contributed by atoms with Crippen LogP contribution in [0.25, 0.3) is 0 Å². The monoisotopic (exact) mass is 328 g/mol. The molecule has 5 heteroatoms. The van der Waals surface area contributed by atoms with Crippen molar-refractivity contribution in [3.05, 3.63) is 22.2 Å². The summed E-state index contributed by atoms with van der Waals surface area (Å²) in [5, 5.41) is 0.510. The van der Waals surface area contributed by atoms with Crippen LogP contribution in [0, 0.1) is 13.8 Å². The minimum atomic E-state index is -1.94. The van der Waals surface area contributed by atoms with E-state index in [1.165, 1.54) is 6.92 Å². The lowest BCUT2D eigenvalue weighted by Crippen LogP contribution is -2.44. The van der Waals surface area contributed by atoms with Crippen LogP contribution in [-0.2, 0) is 4.79 Å². The van der Waals surface area contributed by atoms with Gasteiger partial charge in [0.2, 0.25) is 8.32 Å². The summed E-state index contributed by atoms with van der Waals surface area (Å²) in [6.45, 7) is 16.2. The zero-order valence-electron chi connectivity index (χ0n) is 14.2. The largest absolute Gasteiger partial charge is 0.543 e. The highest BCUT2D eigenvalue weighted by atomic mass is 35.5. The first kappa shape index (κ1) is 18.0. The average molecular weight is 329 g/mol. The number of rotatable bonds is 3. The molecule has 1 rings (SSSR count). The van der Waals surface area contributed by atoms with Gasteiger partial charge >= 0.3 is 5.97 Å². The summed E-state index contributed by atoms with van der Waals surface area (Å²) >= 11 is 6.25. The molecule has 0 spiro atoms. The Labute approximate surface area is 133 Å². The van der Waals surface area contributed by atoms with Crippen molar-refractivity contribution in [2.24, 2.45) is 0 Å². The summed E-state index contributed by atoms with van der Waals surface area (Å²) < 4.78 is 11.5. The Morgan fingerprint density at radius 1 is 1.19 bits per heavy atom. The third-order valence-corrected chi connectivity index (χ3v) is 8.79. The number of carbonyl (C=O) groups is 1. The second-order valence-corrected chi connectivity index (χ2v) is 12.0. The highest BCUT2D eigenvalue weighted by molar-refractivity contribution is 6.74. The lowest BCUT2D eigenvalue weighted by molar-refractivity contribution is -0.131. The van der Waals surface area contributed by atoms with Gasteiger partial charge in [-0.15, -0.1) is 0 Å². The molecule has 0 N–H and O–H groups in total. The molecule has 21 heavy (non-hydrogen) atoms. The molecule has 0 aromatic heterocycles. The fourth-order valence-corrected chi connectivity index (χ4v) is 2.97. The zero-order valence-corrected chi connectivity index (χ0v) is 15.9. The van der Waals surface area contributed by atoms with Crippen molar-refractivity contribution in [1.29, 1.82) is 0 Å². The summed E-state index contributed by atoms with van der Waals surface area (Å²) in [4.78, 5) is 11.2. The highest BCUT2D eigenvalue weighted by Crippen LogP contribution is 2.42. The molecular formula is C16H25ClO3Si. The van der Waals surface area contributed by atoms with Gasteiger partial charge in [0.25, 0.3) is 0 Å². The van der Waals surface area contributed by atoms with Crippen LogP contribution in [0.5, 0.6) is 11.5 Å². The molecular weight excluding hydrogens is 304 g/mol. The van der Waals surface area contributed by atoms with Gasteiger partial charge in [-0.1, -0.05) is 32.4 Å². The third-order valence-electron chi connectivity index (χ3n) is 4.16. The van der Waals surface area contributed by atoms with Crippen molar-refractivity contribution in [3.63, 3.8) is 0 Å². The maximum Gasteiger partial charge on any atom is 0.308 e. The normalized spacial score (nSPS) is 12.2. The summed E-state index contributed by atoms with van der Waals surface area (Å²) in [7, 11) is -1.94. The van der Waals surface area contributed by atoms with E-state index in [2.05, 4.69) is 33.9 Å². The Bertz CT molecular complexity index is 560. The second-order valence-electron chi connectivity index (χ2n) is 6.89. The van der Waals surface area contributed by atoms with Crippen LogP contribution in [-0.4, -0.2) is 14.3 Å². The standard InChI is InChI=1S/C16H25ClO3Si/c1-10-11(2)15(19-12(3)18)13(17)9-14(10)20-21(7,8)16(4,5)6/h9H,1-8H3. The zero-order chi connectivity index (χ0) is 16.6. The van der Waals surface area contributed by atoms with E-state index in [1.807, 2.05) is 13.8 Å². The predicted molar refractivity (Wildman–Crippen MR) is 90.1 cm³/mol. The van der Waals surface area contributed by atoms with Gasteiger partial charge in [-0.25, -0.2) is 0 Å². The molecule has 0 saturated heterocycles. The Balaban J connectivity index is 3.27. The first-order chi connectivity index (χ1) is 9.36. The number of benzene rings is 1. The maximum absolute atomic E-state index is 11.2. The average Bonchev–Trinajstić information content (AvgIpc) is 2.29. The lowest BCUT2D eigenvalue weighted by atomic mass is 10.1. The van der Waals surface area contributed by atoms with E-state index >= 15 is 0 Å². The predicted octanol–water partition coefficient (Wildman–Crippen LogP) is 5.27. The van der Waals surface area contributed by atoms with E-state index < -0.39 is 8.32 Å². The summed E-state index contributed by atoms with van der Waals surface area (Å²) in [6, 6.07) is 1.75. The van der Waals surface area contributed by atoms with E-state index in [9.17, 15) is 4.79 Å². The van der Waals surface area contributed by atoms with Gasteiger partial charge in [-0.3, -0.25) is 4.79 Å². The molecule has 0 atom stereocenters. The van der Waals surface area contributed by atoms with Crippen LogP contribution in [0.2, 0.25) is 23.2 Å². The second kappa shape index (κ2) is 6.01. The highest BCUT2D eigenvalue weighted by Gasteiger charge is 2.39. The van der Waals surface area contributed by atoms with Crippen molar-refractivity contribution in [2.75, 3.05) is 0 Å². The minimum Gasteiger partial charge on any atom is -0.543 e. The number of ether oxygens (including phenoxy) is 1. The van der Waals surface area contributed by atoms with Crippen LogP contribution in [0.15, 0.2) is 6.07 Å². The molecule has 0 aliphatic rings. The van der Waals surface area contributed by atoms with Crippen LogP contribution >= 0.6 is 11.6 Å². The van der Waals surface area contributed by atoms with Gasteiger partial charge in [-0.05, 0) is 43.1 Å². The van der Waals surface area contributed by atoms with Crippen molar-refractivity contribution < 1.29 is 14.0 Å². The van der Waals surface area contributed by atoms with E-state index in [0.29, 0.717) is 10.8 Å². The molecule has 1 aromatic carbocycles. The molecule has 0 unspecified atom stereocenters. The molecule has 0 heterocycles.